The lowest BCUT2D eigenvalue weighted by atomic mass is 10.1. The van der Waals surface area contributed by atoms with Crippen molar-refractivity contribution in [2.45, 2.75) is 12.8 Å². The molecular formula is C22H26N2O3. The zero-order valence-electron chi connectivity index (χ0n) is 15.8. The first-order valence-corrected chi connectivity index (χ1v) is 9.42. The first-order valence-electron chi connectivity index (χ1n) is 9.42. The van der Waals surface area contributed by atoms with Crippen LogP contribution in [-0.4, -0.2) is 61.3 Å². The van der Waals surface area contributed by atoms with Crippen molar-refractivity contribution in [3.8, 4) is 5.75 Å². The third kappa shape index (κ3) is 4.95. The highest BCUT2D eigenvalue weighted by molar-refractivity contribution is 5.97. The molecule has 27 heavy (non-hydrogen) atoms. The third-order valence-corrected chi connectivity index (χ3v) is 4.97. The number of methoxy groups -OCH3 is 1. The molecule has 5 nitrogen and oxygen atoms in total. The monoisotopic (exact) mass is 366 g/mol. The minimum Gasteiger partial charge on any atom is -0.496 e. The fourth-order valence-corrected chi connectivity index (χ4v) is 3.40. The van der Waals surface area contributed by atoms with E-state index in [0.29, 0.717) is 30.8 Å². The zero-order chi connectivity index (χ0) is 19.1. The quantitative estimate of drug-likeness (QED) is 0.707. The fraction of sp³-hybridized carbons (Fsp3) is 0.364. The van der Waals surface area contributed by atoms with Gasteiger partial charge < -0.3 is 9.64 Å². The lowest BCUT2D eigenvalue weighted by Crippen LogP contribution is -2.48. The second-order valence-corrected chi connectivity index (χ2v) is 6.73. The SMILES string of the molecule is COc1ccccc1C(=O)N1CCN(CCCC(=O)c2ccccc2)CC1. The van der Waals surface area contributed by atoms with Crippen molar-refractivity contribution in [1.29, 1.82) is 0 Å². The van der Waals surface area contributed by atoms with Gasteiger partial charge in [-0.3, -0.25) is 14.5 Å². The maximum Gasteiger partial charge on any atom is 0.257 e. The van der Waals surface area contributed by atoms with Crippen molar-refractivity contribution in [1.82, 2.24) is 9.80 Å². The number of rotatable bonds is 7. The highest BCUT2D eigenvalue weighted by atomic mass is 16.5. The molecule has 0 saturated carbocycles. The first-order chi connectivity index (χ1) is 13.2. The maximum absolute atomic E-state index is 12.7. The van der Waals surface area contributed by atoms with E-state index in [1.54, 1.807) is 7.11 Å². The topological polar surface area (TPSA) is 49.9 Å². The van der Waals surface area contributed by atoms with Crippen LogP contribution in [0.1, 0.15) is 33.6 Å². The summed E-state index contributed by atoms with van der Waals surface area (Å²) in [6.07, 6.45) is 1.40. The average Bonchev–Trinajstić information content (AvgIpc) is 2.74. The van der Waals surface area contributed by atoms with Crippen LogP contribution in [0.15, 0.2) is 54.6 Å². The molecule has 2 aromatic carbocycles. The average molecular weight is 366 g/mol. The van der Waals surface area contributed by atoms with E-state index in [0.717, 1.165) is 31.6 Å². The number of hydrogen-bond acceptors (Lipinski definition) is 4. The summed E-state index contributed by atoms with van der Waals surface area (Å²) < 4.78 is 5.30. The molecule has 0 radical (unpaired) electrons. The third-order valence-electron chi connectivity index (χ3n) is 4.97. The summed E-state index contributed by atoms with van der Waals surface area (Å²) in [5.74, 6) is 0.830. The molecule has 0 N–H and O–H groups in total. The van der Waals surface area contributed by atoms with E-state index < -0.39 is 0 Å². The smallest absolute Gasteiger partial charge is 0.257 e. The number of para-hydroxylation sites is 1. The van der Waals surface area contributed by atoms with E-state index in [2.05, 4.69) is 4.90 Å². The standard InChI is InChI=1S/C22H26N2O3/c1-27-21-12-6-5-10-19(21)22(26)24-16-14-23(15-17-24)13-7-11-20(25)18-8-3-2-4-9-18/h2-6,8-10,12H,7,11,13-17H2,1H3. The minimum absolute atomic E-state index is 0.0198. The van der Waals surface area contributed by atoms with Crippen LogP contribution in [0.5, 0.6) is 5.75 Å². The number of ketones is 1. The molecule has 1 heterocycles. The molecule has 5 heteroatoms. The number of hydrogen-bond donors (Lipinski definition) is 0. The summed E-state index contributed by atoms with van der Waals surface area (Å²) in [6, 6.07) is 16.8. The van der Waals surface area contributed by atoms with Gasteiger partial charge in [-0.1, -0.05) is 42.5 Å². The van der Waals surface area contributed by atoms with E-state index in [9.17, 15) is 9.59 Å². The molecule has 1 amide bonds. The Morgan fingerprint density at radius 2 is 1.59 bits per heavy atom. The van der Waals surface area contributed by atoms with E-state index in [-0.39, 0.29) is 11.7 Å². The summed E-state index contributed by atoms with van der Waals surface area (Å²) in [6.45, 7) is 3.95. The van der Waals surface area contributed by atoms with Crippen LogP contribution >= 0.6 is 0 Å². The number of piperazine rings is 1. The normalized spacial score (nSPS) is 14.8. The van der Waals surface area contributed by atoms with Gasteiger partial charge in [-0.05, 0) is 25.1 Å². The van der Waals surface area contributed by atoms with E-state index in [1.165, 1.54) is 0 Å². The fourth-order valence-electron chi connectivity index (χ4n) is 3.40. The lowest BCUT2D eigenvalue weighted by molar-refractivity contribution is 0.0632. The molecule has 0 spiro atoms. The Balaban J connectivity index is 1.44. The lowest BCUT2D eigenvalue weighted by Gasteiger charge is -2.35. The number of Topliss-reactive ketones (excluding diaryl/α,β-unsaturated/α-hetero) is 1. The Labute approximate surface area is 160 Å². The molecular weight excluding hydrogens is 340 g/mol. The Morgan fingerprint density at radius 3 is 2.30 bits per heavy atom. The highest BCUT2D eigenvalue weighted by Crippen LogP contribution is 2.20. The second-order valence-electron chi connectivity index (χ2n) is 6.73. The van der Waals surface area contributed by atoms with E-state index >= 15 is 0 Å². The summed E-state index contributed by atoms with van der Waals surface area (Å²) >= 11 is 0. The molecule has 1 fully saturated rings. The van der Waals surface area contributed by atoms with Crippen LogP contribution in [-0.2, 0) is 0 Å². The summed E-state index contributed by atoms with van der Waals surface area (Å²) in [5.41, 5.74) is 1.40. The van der Waals surface area contributed by atoms with Gasteiger partial charge in [0.1, 0.15) is 5.75 Å². The Kier molecular flexibility index (Phi) is 6.60. The molecule has 142 valence electrons. The molecule has 0 atom stereocenters. The number of amides is 1. The Hall–Kier alpha value is -2.66. The number of nitrogens with zero attached hydrogens (tertiary/aromatic N) is 2. The van der Waals surface area contributed by atoms with Crippen molar-refractivity contribution >= 4 is 11.7 Å². The number of carbonyl (C=O) groups is 2. The molecule has 0 unspecified atom stereocenters. The van der Waals surface area contributed by atoms with Crippen molar-refractivity contribution < 1.29 is 14.3 Å². The van der Waals surface area contributed by atoms with Crippen LogP contribution in [0.25, 0.3) is 0 Å². The Morgan fingerprint density at radius 1 is 0.926 bits per heavy atom. The number of benzene rings is 2. The Bertz CT molecular complexity index is 768. The molecule has 0 aliphatic carbocycles. The summed E-state index contributed by atoms with van der Waals surface area (Å²) in [5, 5.41) is 0. The van der Waals surface area contributed by atoms with Gasteiger partial charge in [0, 0.05) is 38.2 Å². The predicted molar refractivity (Wildman–Crippen MR) is 105 cm³/mol. The highest BCUT2D eigenvalue weighted by Gasteiger charge is 2.23. The van der Waals surface area contributed by atoms with Gasteiger partial charge in [0.25, 0.3) is 5.91 Å². The first kappa shape index (κ1) is 19.1. The zero-order valence-corrected chi connectivity index (χ0v) is 15.8. The molecule has 0 bridgehead atoms. The van der Waals surface area contributed by atoms with Gasteiger partial charge in [-0.25, -0.2) is 0 Å². The van der Waals surface area contributed by atoms with Gasteiger partial charge >= 0.3 is 0 Å². The number of ether oxygens (including phenoxy) is 1. The van der Waals surface area contributed by atoms with Gasteiger partial charge in [0.2, 0.25) is 0 Å². The molecule has 1 aliphatic heterocycles. The van der Waals surface area contributed by atoms with Gasteiger partial charge in [-0.2, -0.15) is 0 Å². The second kappa shape index (κ2) is 9.33. The largest absolute Gasteiger partial charge is 0.496 e. The van der Waals surface area contributed by atoms with E-state index in [4.69, 9.17) is 4.74 Å². The molecule has 1 saturated heterocycles. The minimum atomic E-state index is 0.0198. The van der Waals surface area contributed by atoms with Crippen LogP contribution in [0.3, 0.4) is 0 Å². The van der Waals surface area contributed by atoms with Crippen LogP contribution in [0.4, 0.5) is 0 Å². The van der Waals surface area contributed by atoms with Crippen molar-refractivity contribution in [2.24, 2.45) is 0 Å². The van der Waals surface area contributed by atoms with E-state index in [1.807, 2.05) is 59.5 Å². The number of carbonyl (C=O) groups excluding carboxylic acids is 2. The maximum atomic E-state index is 12.7. The summed E-state index contributed by atoms with van der Waals surface area (Å²) in [7, 11) is 1.58. The van der Waals surface area contributed by atoms with Gasteiger partial charge in [0.15, 0.2) is 5.78 Å². The van der Waals surface area contributed by atoms with Crippen molar-refractivity contribution in [3.63, 3.8) is 0 Å². The molecule has 0 aromatic heterocycles. The van der Waals surface area contributed by atoms with Crippen LogP contribution in [0, 0.1) is 0 Å². The van der Waals surface area contributed by atoms with Gasteiger partial charge in [-0.15, -0.1) is 0 Å². The van der Waals surface area contributed by atoms with Crippen LogP contribution in [0.2, 0.25) is 0 Å². The van der Waals surface area contributed by atoms with Gasteiger partial charge in [0.05, 0.1) is 12.7 Å². The molecule has 3 rings (SSSR count). The molecule has 2 aromatic rings. The predicted octanol–water partition coefficient (Wildman–Crippen LogP) is 3.12. The van der Waals surface area contributed by atoms with Crippen molar-refractivity contribution in [3.05, 3.63) is 65.7 Å². The van der Waals surface area contributed by atoms with Crippen LogP contribution < -0.4 is 4.74 Å². The summed E-state index contributed by atoms with van der Waals surface area (Å²) in [4.78, 5) is 29.1. The molecule has 1 aliphatic rings. The van der Waals surface area contributed by atoms with Crippen molar-refractivity contribution in [2.75, 3.05) is 39.8 Å².